The van der Waals surface area contributed by atoms with Gasteiger partial charge < -0.3 is 4.74 Å². The molecule has 0 amide bonds. The molecule has 0 aromatic carbocycles. The maximum absolute atomic E-state index is 11.2. The zero-order valence-corrected chi connectivity index (χ0v) is 10.7. The van der Waals surface area contributed by atoms with Crippen LogP contribution in [-0.4, -0.2) is 28.8 Å². The minimum absolute atomic E-state index is 0.0948. The summed E-state index contributed by atoms with van der Waals surface area (Å²) >= 11 is 1.82. The van der Waals surface area contributed by atoms with Crippen LogP contribution >= 0.6 is 11.8 Å². The van der Waals surface area contributed by atoms with Crippen LogP contribution in [0.15, 0.2) is 18.6 Å². The molecule has 0 bridgehead atoms. The summed E-state index contributed by atoms with van der Waals surface area (Å²) in [6.45, 7) is 0. The van der Waals surface area contributed by atoms with Gasteiger partial charge in [0.1, 0.15) is 0 Å². The molecule has 92 valence electrons. The molecule has 0 saturated heterocycles. The number of ether oxygens (including phenoxy) is 1. The lowest BCUT2D eigenvalue weighted by Gasteiger charge is -2.12. The van der Waals surface area contributed by atoms with Gasteiger partial charge in [0.25, 0.3) is 0 Å². The quantitative estimate of drug-likeness (QED) is 0.725. The molecule has 17 heavy (non-hydrogen) atoms. The number of thioether (sulfide) groups is 1. The molecular weight excluding hydrogens is 236 g/mol. The van der Waals surface area contributed by atoms with E-state index >= 15 is 0 Å². The number of methoxy groups -OCH3 is 1. The molecule has 1 aliphatic rings. The minimum atomic E-state index is -0.0948. The first-order valence-electron chi connectivity index (χ1n) is 5.64. The highest BCUT2D eigenvalue weighted by atomic mass is 32.2. The smallest absolute Gasteiger partial charge is 0.306 e. The Labute approximate surface area is 105 Å². The van der Waals surface area contributed by atoms with E-state index in [1.165, 1.54) is 7.11 Å². The van der Waals surface area contributed by atoms with Crippen molar-refractivity contribution in [1.82, 2.24) is 9.97 Å². The first-order valence-corrected chi connectivity index (χ1v) is 6.79. The average molecular weight is 252 g/mol. The van der Waals surface area contributed by atoms with Crippen LogP contribution in [0.4, 0.5) is 0 Å². The third-order valence-electron chi connectivity index (χ3n) is 2.98. The number of carbonyl (C=O) groups excluding carboxylic acids is 1. The Morgan fingerprint density at radius 2 is 2.35 bits per heavy atom. The number of esters is 1. The lowest BCUT2D eigenvalue weighted by atomic mass is 10.1. The molecule has 0 atom stereocenters. The monoisotopic (exact) mass is 252 g/mol. The summed E-state index contributed by atoms with van der Waals surface area (Å²) in [4.78, 5) is 19.5. The molecule has 4 nitrogen and oxygen atoms in total. The van der Waals surface area contributed by atoms with Gasteiger partial charge in [-0.2, -0.15) is 11.8 Å². The van der Waals surface area contributed by atoms with E-state index < -0.39 is 0 Å². The first-order chi connectivity index (χ1) is 8.24. The van der Waals surface area contributed by atoms with E-state index in [1.54, 1.807) is 18.6 Å². The van der Waals surface area contributed by atoms with Gasteiger partial charge in [-0.3, -0.25) is 14.8 Å². The highest BCUT2D eigenvalue weighted by Crippen LogP contribution is 2.51. The highest BCUT2D eigenvalue weighted by Gasteiger charge is 2.44. The van der Waals surface area contributed by atoms with Crippen LogP contribution in [0.3, 0.4) is 0 Å². The van der Waals surface area contributed by atoms with Gasteiger partial charge in [-0.25, -0.2) is 0 Å². The van der Waals surface area contributed by atoms with Crippen molar-refractivity contribution in [3.8, 4) is 0 Å². The Morgan fingerprint density at radius 1 is 1.53 bits per heavy atom. The van der Waals surface area contributed by atoms with Crippen LogP contribution in [0.2, 0.25) is 0 Å². The van der Waals surface area contributed by atoms with Crippen molar-refractivity contribution in [2.75, 3.05) is 12.9 Å². The maximum Gasteiger partial charge on any atom is 0.306 e. The number of rotatable bonds is 6. The number of hydrogen-bond donors (Lipinski definition) is 0. The fourth-order valence-corrected chi connectivity index (χ4v) is 2.99. The van der Waals surface area contributed by atoms with Gasteiger partial charge in [-0.15, -0.1) is 0 Å². The molecule has 0 aliphatic heterocycles. The van der Waals surface area contributed by atoms with E-state index in [2.05, 4.69) is 9.97 Å². The van der Waals surface area contributed by atoms with Gasteiger partial charge in [0.05, 0.1) is 19.2 Å². The van der Waals surface area contributed by atoms with Crippen molar-refractivity contribution >= 4 is 17.7 Å². The van der Waals surface area contributed by atoms with Gasteiger partial charge in [-0.05, 0) is 24.0 Å². The molecule has 0 unspecified atom stereocenters. The van der Waals surface area contributed by atoms with Crippen molar-refractivity contribution < 1.29 is 9.53 Å². The zero-order valence-electron chi connectivity index (χ0n) is 9.89. The lowest BCUT2D eigenvalue weighted by molar-refractivity contribution is -0.141. The third kappa shape index (κ3) is 3.70. The number of hydrogen-bond acceptors (Lipinski definition) is 5. The van der Waals surface area contributed by atoms with Crippen LogP contribution in [0.1, 0.15) is 25.0 Å². The molecule has 1 saturated carbocycles. The Morgan fingerprint density at radius 3 is 2.94 bits per heavy atom. The van der Waals surface area contributed by atoms with Gasteiger partial charge in [0.15, 0.2) is 0 Å². The van der Waals surface area contributed by atoms with Crippen LogP contribution in [0, 0.1) is 5.41 Å². The second-order valence-electron chi connectivity index (χ2n) is 4.44. The largest absolute Gasteiger partial charge is 0.469 e. The average Bonchev–Trinajstić information content (AvgIpc) is 3.10. The van der Waals surface area contributed by atoms with Crippen LogP contribution in [-0.2, 0) is 15.3 Å². The van der Waals surface area contributed by atoms with Gasteiger partial charge in [0, 0.05) is 24.3 Å². The predicted octanol–water partition coefficient (Wildman–Crippen LogP) is 2.05. The molecule has 0 radical (unpaired) electrons. The predicted molar refractivity (Wildman–Crippen MR) is 66.5 cm³/mol. The molecule has 1 aromatic heterocycles. The molecule has 1 fully saturated rings. The van der Waals surface area contributed by atoms with E-state index in [0.29, 0.717) is 6.42 Å². The Balaban J connectivity index is 1.73. The molecule has 1 aliphatic carbocycles. The topological polar surface area (TPSA) is 52.1 Å². The van der Waals surface area contributed by atoms with E-state index in [4.69, 9.17) is 4.74 Å². The normalized spacial score (nSPS) is 16.5. The lowest BCUT2D eigenvalue weighted by Crippen LogP contribution is -2.13. The number of nitrogens with zero attached hydrogens (tertiary/aromatic N) is 2. The first kappa shape index (κ1) is 12.4. The van der Waals surface area contributed by atoms with Gasteiger partial charge in [-0.1, -0.05) is 0 Å². The Hall–Kier alpha value is -1.10. The fourth-order valence-electron chi connectivity index (χ4n) is 1.70. The van der Waals surface area contributed by atoms with E-state index in [9.17, 15) is 4.79 Å². The molecule has 1 aromatic rings. The second kappa shape index (κ2) is 5.49. The van der Waals surface area contributed by atoms with Crippen molar-refractivity contribution in [2.24, 2.45) is 5.41 Å². The van der Waals surface area contributed by atoms with Gasteiger partial charge >= 0.3 is 5.97 Å². The molecular formula is C12H16N2O2S. The van der Waals surface area contributed by atoms with E-state index in [-0.39, 0.29) is 11.4 Å². The summed E-state index contributed by atoms with van der Waals surface area (Å²) in [5.74, 6) is 1.76. The van der Waals surface area contributed by atoms with Crippen molar-refractivity contribution in [2.45, 2.75) is 25.0 Å². The van der Waals surface area contributed by atoms with Crippen LogP contribution < -0.4 is 0 Å². The third-order valence-corrected chi connectivity index (χ3v) is 4.30. The Bertz CT molecular complexity index is 379. The molecule has 1 heterocycles. The minimum Gasteiger partial charge on any atom is -0.469 e. The summed E-state index contributed by atoms with van der Waals surface area (Å²) in [6, 6.07) is 0. The Kier molecular flexibility index (Phi) is 3.99. The maximum atomic E-state index is 11.2. The highest BCUT2D eigenvalue weighted by molar-refractivity contribution is 7.98. The SMILES string of the molecule is COC(=O)CC1(CSCc2cnccn2)CC1. The van der Waals surface area contributed by atoms with Crippen LogP contribution in [0.5, 0.6) is 0 Å². The fraction of sp³-hybridized carbons (Fsp3) is 0.583. The summed E-state index contributed by atoms with van der Waals surface area (Å²) in [5, 5.41) is 0. The molecule has 0 N–H and O–H groups in total. The molecule has 0 spiro atoms. The summed E-state index contributed by atoms with van der Waals surface area (Å²) in [6.07, 6.45) is 7.99. The zero-order chi connectivity index (χ0) is 12.1. The van der Waals surface area contributed by atoms with Gasteiger partial charge in [0.2, 0.25) is 0 Å². The van der Waals surface area contributed by atoms with E-state index in [0.717, 1.165) is 30.0 Å². The summed E-state index contributed by atoms with van der Waals surface area (Å²) < 4.78 is 4.72. The van der Waals surface area contributed by atoms with Crippen molar-refractivity contribution in [1.29, 1.82) is 0 Å². The molecule has 2 rings (SSSR count). The van der Waals surface area contributed by atoms with Crippen molar-refractivity contribution in [3.05, 3.63) is 24.3 Å². The van der Waals surface area contributed by atoms with E-state index in [1.807, 2.05) is 11.8 Å². The van der Waals surface area contributed by atoms with Crippen LogP contribution in [0.25, 0.3) is 0 Å². The number of aromatic nitrogens is 2. The summed E-state index contributed by atoms with van der Waals surface area (Å²) in [7, 11) is 1.45. The second-order valence-corrected chi connectivity index (χ2v) is 5.43. The summed E-state index contributed by atoms with van der Waals surface area (Å²) in [5.41, 5.74) is 1.19. The number of carbonyl (C=O) groups is 1. The molecule has 5 heteroatoms. The standard InChI is InChI=1S/C12H16N2O2S/c1-16-11(15)6-12(2-3-12)9-17-8-10-7-13-4-5-14-10/h4-5,7H,2-3,6,8-9H2,1H3. The van der Waals surface area contributed by atoms with Crippen molar-refractivity contribution in [3.63, 3.8) is 0 Å².